The predicted molar refractivity (Wildman–Crippen MR) is 90.3 cm³/mol. The number of aromatic nitrogens is 1. The van der Waals surface area contributed by atoms with Gasteiger partial charge in [0.05, 0.1) is 22.1 Å². The van der Waals surface area contributed by atoms with E-state index < -0.39 is 17.5 Å². The van der Waals surface area contributed by atoms with Crippen LogP contribution in [0.25, 0.3) is 10.2 Å². The van der Waals surface area contributed by atoms with Gasteiger partial charge in [-0.3, -0.25) is 19.3 Å². The largest absolute Gasteiger partial charge is 0.300 e. The van der Waals surface area contributed by atoms with Crippen molar-refractivity contribution in [2.45, 2.75) is 25.7 Å². The normalized spacial score (nSPS) is 22.8. The highest BCUT2D eigenvalue weighted by molar-refractivity contribution is 7.22. The van der Waals surface area contributed by atoms with Gasteiger partial charge in [0, 0.05) is 6.07 Å². The van der Waals surface area contributed by atoms with E-state index in [4.69, 9.17) is 0 Å². The molecule has 1 N–H and O–H groups in total. The fourth-order valence-corrected chi connectivity index (χ4v) is 4.55. The lowest BCUT2D eigenvalue weighted by molar-refractivity contribution is -0.142. The summed E-state index contributed by atoms with van der Waals surface area (Å²) in [5, 5.41) is 2.66. The summed E-state index contributed by atoms with van der Waals surface area (Å²) in [6, 6.07) is 1.96. The molecule has 9 heteroatoms. The van der Waals surface area contributed by atoms with E-state index >= 15 is 0 Å². The lowest BCUT2D eigenvalue weighted by atomic mass is 9.81. The van der Waals surface area contributed by atoms with Crippen molar-refractivity contribution in [1.29, 1.82) is 0 Å². The van der Waals surface area contributed by atoms with Gasteiger partial charge in [0.1, 0.15) is 6.54 Å². The second-order valence-electron chi connectivity index (χ2n) is 6.56. The molecule has 2 aliphatic rings. The van der Waals surface area contributed by atoms with Crippen molar-refractivity contribution in [3.63, 3.8) is 0 Å². The van der Waals surface area contributed by atoms with E-state index in [1.165, 1.54) is 0 Å². The number of fused-ring (bicyclic) bond motifs is 2. The first kappa shape index (κ1) is 17.0. The van der Waals surface area contributed by atoms with Crippen LogP contribution in [0.2, 0.25) is 0 Å². The number of carbonyl (C=O) groups is 3. The van der Waals surface area contributed by atoms with Crippen molar-refractivity contribution in [1.82, 2.24) is 9.88 Å². The summed E-state index contributed by atoms with van der Waals surface area (Å²) in [5.41, 5.74) is 0.226. The van der Waals surface area contributed by atoms with Crippen molar-refractivity contribution in [3.05, 3.63) is 23.8 Å². The number of amides is 3. The van der Waals surface area contributed by atoms with E-state index in [1.54, 1.807) is 0 Å². The third kappa shape index (κ3) is 2.86. The fraction of sp³-hybridized carbons (Fsp3) is 0.412. The summed E-state index contributed by atoms with van der Waals surface area (Å²) in [4.78, 5) is 42.1. The smallest absolute Gasteiger partial charge is 0.246 e. The number of anilines is 1. The molecule has 1 saturated carbocycles. The van der Waals surface area contributed by atoms with E-state index in [0.717, 1.165) is 41.2 Å². The number of nitrogens with zero attached hydrogens (tertiary/aromatic N) is 2. The number of likely N-dealkylation sites (tertiary alicyclic amines) is 1. The summed E-state index contributed by atoms with van der Waals surface area (Å²) in [6.45, 7) is -0.372. The van der Waals surface area contributed by atoms with Crippen molar-refractivity contribution in [3.8, 4) is 0 Å². The average molecular weight is 379 g/mol. The first-order valence-corrected chi connectivity index (χ1v) is 9.16. The van der Waals surface area contributed by atoms with Gasteiger partial charge in [-0.1, -0.05) is 24.2 Å². The molecule has 26 heavy (non-hydrogen) atoms. The van der Waals surface area contributed by atoms with E-state index in [1.807, 2.05) is 0 Å². The molecule has 1 aromatic heterocycles. The van der Waals surface area contributed by atoms with Crippen molar-refractivity contribution < 1.29 is 23.2 Å². The Bertz CT molecular complexity index is 866. The molecule has 2 fully saturated rings. The summed E-state index contributed by atoms with van der Waals surface area (Å²) < 4.78 is 26.9. The van der Waals surface area contributed by atoms with E-state index in [9.17, 15) is 23.2 Å². The molecule has 136 valence electrons. The quantitative estimate of drug-likeness (QED) is 0.832. The summed E-state index contributed by atoms with van der Waals surface area (Å²) in [6.07, 6.45) is 3.20. The molecule has 6 nitrogen and oxygen atoms in total. The van der Waals surface area contributed by atoms with Crippen LogP contribution in [0.3, 0.4) is 0 Å². The molecule has 3 amide bonds. The molecule has 2 atom stereocenters. The number of carbonyl (C=O) groups excluding carboxylic acids is 3. The van der Waals surface area contributed by atoms with Gasteiger partial charge in [0.25, 0.3) is 0 Å². The van der Waals surface area contributed by atoms with E-state index in [2.05, 4.69) is 10.3 Å². The van der Waals surface area contributed by atoms with E-state index in [0.29, 0.717) is 17.5 Å². The van der Waals surface area contributed by atoms with Crippen molar-refractivity contribution in [2.24, 2.45) is 11.8 Å². The second kappa shape index (κ2) is 6.39. The van der Waals surface area contributed by atoms with Gasteiger partial charge >= 0.3 is 0 Å². The SMILES string of the molecule is O=C(CN1C(=O)C2CCCCC2C1=O)Nc1nc2cc(F)c(F)cc2s1. The maximum atomic E-state index is 13.3. The Labute approximate surface area is 151 Å². The second-order valence-corrected chi connectivity index (χ2v) is 7.59. The van der Waals surface area contributed by atoms with Gasteiger partial charge in [-0.25, -0.2) is 13.8 Å². The Morgan fingerprint density at radius 2 is 1.77 bits per heavy atom. The van der Waals surface area contributed by atoms with Crippen molar-refractivity contribution >= 4 is 44.4 Å². The minimum absolute atomic E-state index is 0.159. The zero-order valence-electron chi connectivity index (χ0n) is 13.6. The third-order valence-corrected chi connectivity index (χ3v) is 5.84. The van der Waals surface area contributed by atoms with Gasteiger partial charge < -0.3 is 5.32 Å². The number of rotatable bonds is 3. The first-order chi connectivity index (χ1) is 12.4. The van der Waals surface area contributed by atoms with Crippen LogP contribution in [0.1, 0.15) is 25.7 Å². The van der Waals surface area contributed by atoms with Gasteiger partial charge in [-0.15, -0.1) is 0 Å². The molecule has 2 heterocycles. The number of thiazole rings is 1. The molecule has 1 aliphatic carbocycles. The number of benzene rings is 1. The lowest BCUT2D eigenvalue weighted by Gasteiger charge is -2.19. The Kier molecular flexibility index (Phi) is 4.18. The van der Waals surface area contributed by atoms with Gasteiger partial charge in [-0.05, 0) is 18.9 Å². The molecule has 0 radical (unpaired) electrons. The summed E-state index contributed by atoms with van der Waals surface area (Å²) in [7, 11) is 0. The molecule has 0 spiro atoms. The van der Waals surface area contributed by atoms with Crippen LogP contribution in [0, 0.1) is 23.5 Å². The van der Waals surface area contributed by atoms with Gasteiger partial charge in [0.15, 0.2) is 16.8 Å². The first-order valence-electron chi connectivity index (χ1n) is 8.34. The molecule has 2 unspecified atom stereocenters. The zero-order valence-corrected chi connectivity index (χ0v) is 14.4. The number of hydrogen-bond acceptors (Lipinski definition) is 5. The molecular weight excluding hydrogens is 364 g/mol. The molecule has 1 aliphatic heterocycles. The van der Waals surface area contributed by atoms with Gasteiger partial charge in [0.2, 0.25) is 17.7 Å². The van der Waals surface area contributed by atoms with E-state index in [-0.39, 0.29) is 40.8 Å². The number of nitrogens with one attached hydrogen (secondary N) is 1. The number of hydrogen-bond donors (Lipinski definition) is 1. The fourth-order valence-electron chi connectivity index (χ4n) is 3.67. The average Bonchev–Trinajstić information content (AvgIpc) is 3.09. The zero-order chi connectivity index (χ0) is 18.4. The topological polar surface area (TPSA) is 79.4 Å². The number of imide groups is 1. The Balaban J connectivity index is 1.47. The van der Waals surface area contributed by atoms with Crippen LogP contribution < -0.4 is 5.32 Å². The highest BCUT2D eigenvalue weighted by atomic mass is 32.1. The van der Waals surface area contributed by atoms with Crippen LogP contribution in [-0.2, 0) is 14.4 Å². The molecule has 2 aromatic rings. The van der Waals surface area contributed by atoms with Crippen LogP contribution in [0.5, 0.6) is 0 Å². The van der Waals surface area contributed by atoms with Crippen molar-refractivity contribution in [2.75, 3.05) is 11.9 Å². The standard InChI is InChI=1S/C17H15F2N3O3S/c18-10-5-12-13(6-11(10)19)26-17(20-12)21-14(23)7-22-15(24)8-3-1-2-4-9(8)16(22)25/h5-6,8-9H,1-4,7H2,(H,20,21,23). The maximum Gasteiger partial charge on any atom is 0.246 e. The van der Waals surface area contributed by atoms with Crippen LogP contribution in [0.4, 0.5) is 13.9 Å². The lowest BCUT2D eigenvalue weighted by Crippen LogP contribution is -2.38. The monoisotopic (exact) mass is 379 g/mol. The van der Waals surface area contributed by atoms with Crippen LogP contribution in [-0.4, -0.2) is 34.2 Å². The maximum absolute atomic E-state index is 13.3. The summed E-state index contributed by atoms with van der Waals surface area (Å²) in [5.74, 6) is -3.77. The Morgan fingerprint density at radius 1 is 1.15 bits per heavy atom. The minimum atomic E-state index is -1.02. The molecule has 1 saturated heterocycles. The summed E-state index contributed by atoms with van der Waals surface area (Å²) >= 11 is 0.990. The molecular formula is C17H15F2N3O3S. The third-order valence-electron chi connectivity index (χ3n) is 4.91. The molecule has 0 bridgehead atoms. The minimum Gasteiger partial charge on any atom is -0.300 e. The van der Waals surface area contributed by atoms with Gasteiger partial charge in [-0.2, -0.15) is 0 Å². The highest BCUT2D eigenvalue weighted by Gasteiger charge is 2.48. The van der Waals surface area contributed by atoms with Crippen LogP contribution >= 0.6 is 11.3 Å². The number of halogens is 2. The molecule has 1 aromatic carbocycles. The Morgan fingerprint density at radius 3 is 2.42 bits per heavy atom. The molecule has 4 rings (SSSR count). The Hall–Kier alpha value is -2.42. The van der Waals surface area contributed by atoms with Crippen LogP contribution in [0.15, 0.2) is 12.1 Å². The predicted octanol–water partition coefficient (Wildman–Crippen LogP) is 2.69. The highest BCUT2D eigenvalue weighted by Crippen LogP contribution is 2.38.